The van der Waals surface area contributed by atoms with Gasteiger partial charge in [0.25, 0.3) is 0 Å². The van der Waals surface area contributed by atoms with Crippen LogP contribution in [0.3, 0.4) is 0 Å². The maximum absolute atomic E-state index is 5.05. The summed E-state index contributed by atoms with van der Waals surface area (Å²) in [5.41, 5.74) is 0. The van der Waals surface area contributed by atoms with Gasteiger partial charge in [-0.25, -0.2) is 0 Å². The number of hydrogen-bond donors (Lipinski definition) is 1. The van der Waals surface area contributed by atoms with E-state index in [1.165, 1.54) is 38.5 Å². The molecular weight excluding hydrogens is 210 g/mol. The van der Waals surface area contributed by atoms with E-state index < -0.39 is 0 Å². The van der Waals surface area contributed by atoms with E-state index in [1.807, 2.05) is 0 Å². The van der Waals surface area contributed by atoms with E-state index in [9.17, 15) is 0 Å². The van der Waals surface area contributed by atoms with Crippen LogP contribution in [-0.2, 0) is 4.74 Å². The number of nitrogens with one attached hydrogen (secondary N) is 1. The van der Waals surface area contributed by atoms with Crippen molar-refractivity contribution in [1.29, 1.82) is 0 Å². The maximum atomic E-state index is 5.05. The lowest BCUT2D eigenvalue weighted by Gasteiger charge is -2.32. The standard InChI is InChI=1S/C15H31NO/c1-4-14-7-5-6-8-15(14)11-13(2)12-16-9-10-17-3/h13-16H,4-12H2,1-3H3. The van der Waals surface area contributed by atoms with Gasteiger partial charge in [-0.05, 0) is 30.7 Å². The Morgan fingerprint density at radius 3 is 2.59 bits per heavy atom. The molecule has 1 rings (SSSR count). The summed E-state index contributed by atoms with van der Waals surface area (Å²) in [6.45, 7) is 7.72. The Hall–Kier alpha value is -0.0800. The molecule has 3 unspecified atom stereocenters. The van der Waals surface area contributed by atoms with Gasteiger partial charge in [-0.15, -0.1) is 0 Å². The molecule has 0 aromatic carbocycles. The molecule has 1 saturated carbocycles. The van der Waals surface area contributed by atoms with E-state index in [-0.39, 0.29) is 0 Å². The highest BCUT2D eigenvalue weighted by Crippen LogP contribution is 2.35. The fraction of sp³-hybridized carbons (Fsp3) is 1.00. The zero-order chi connectivity index (χ0) is 12.5. The molecule has 0 aliphatic heterocycles. The molecule has 0 bridgehead atoms. The topological polar surface area (TPSA) is 21.3 Å². The molecule has 0 heterocycles. The van der Waals surface area contributed by atoms with Crippen LogP contribution in [0.1, 0.15) is 52.4 Å². The molecule has 1 aliphatic carbocycles. The molecule has 1 N–H and O–H groups in total. The van der Waals surface area contributed by atoms with Gasteiger partial charge < -0.3 is 10.1 Å². The third kappa shape index (κ3) is 5.87. The predicted molar refractivity (Wildman–Crippen MR) is 74.3 cm³/mol. The van der Waals surface area contributed by atoms with E-state index >= 15 is 0 Å². The quantitative estimate of drug-likeness (QED) is 0.657. The van der Waals surface area contributed by atoms with Crippen LogP contribution < -0.4 is 5.32 Å². The van der Waals surface area contributed by atoms with E-state index in [2.05, 4.69) is 19.2 Å². The average molecular weight is 241 g/mol. The molecule has 0 saturated heterocycles. The summed E-state index contributed by atoms with van der Waals surface area (Å²) in [6.07, 6.45) is 8.68. The van der Waals surface area contributed by atoms with Crippen molar-refractivity contribution in [3.63, 3.8) is 0 Å². The Bertz CT molecular complexity index is 184. The van der Waals surface area contributed by atoms with Gasteiger partial charge in [0.15, 0.2) is 0 Å². The van der Waals surface area contributed by atoms with Gasteiger partial charge in [-0.1, -0.05) is 46.0 Å². The summed E-state index contributed by atoms with van der Waals surface area (Å²) in [4.78, 5) is 0. The summed E-state index contributed by atoms with van der Waals surface area (Å²) in [5.74, 6) is 2.81. The van der Waals surface area contributed by atoms with Crippen LogP contribution in [0, 0.1) is 17.8 Å². The molecule has 102 valence electrons. The molecule has 1 fully saturated rings. The smallest absolute Gasteiger partial charge is 0.0587 e. The van der Waals surface area contributed by atoms with E-state index in [4.69, 9.17) is 4.74 Å². The van der Waals surface area contributed by atoms with Crippen LogP contribution in [-0.4, -0.2) is 26.8 Å². The maximum Gasteiger partial charge on any atom is 0.0587 e. The van der Waals surface area contributed by atoms with Crippen molar-refractivity contribution >= 4 is 0 Å². The molecule has 3 atom stereocenters. The molecule has 2 heteroatoms. The SMILES string of the molecule is CCC1CCCCC1CC(C)CNCCOC. The Kier molecular flexibility index (Phi) is 7.87. The van der Waals surface area contributed by atoms with Gasteiger partial charge in [-0.3, -0.25) is 0 Å². The minimum Gasteiger partial charge on any atom is -0.383 e. The van der Waals surface area contributed by atoms with Crippen molar-refractivity contribution in [1.82, 2.24) is 5.32 Å². The van der Waals surface area contributed by atoms with Crippen LogP contribution >= 0.6 is 0 Å². The lowest BCUT2D eigenvalue weighted by molar-refractivity contribution is 0.184. The first-order valence-corrected chi connectivity index (χ1v) is 7.47. The van der Waals surface area contributed by atoms with Crippen LogP contribution in [0.5, 0.6) is 0 Å². The normalized spacial score (nSPS) is 27.0. The fourth-order valence-electron chi connectivity index (χ4n) is 3.26. The first kappa shape index (κ1) is 15.0. The second-order valence-electron chi connectivity index (χ2n) is 5.75. The van der Waals surface area contributed by atoms with Crippen LogP contribution in [0.15, 0.2) is 0 Å². The Balaban J connectivity index is 2.16. The van der Waals surface area contributed by atoms with E-state index in [0.717, 1.165) is 37.5 Å². The third-order valence-corrected chi connectivity index (χ3v) is 4.27. The largest absolute Gasteiger partial charge is 0.383 e. The number of ether oxygens (including phenoxy) is 1. The second kappa shape index (κ2) is 8.93. The zero-order valence-electron chi connectivity index (χ0n) is 12.0. The number of rotatable bonds is 8. The van der Waals surface area contributed by atoms with Crippen molar-refractivity contribution in [2.24, 2.45) is 17.8 Å². The molecule has 0 amide bonds. The van der Waals surface area contributed by atoms with Crippen molar-refractivity contribution in [3.8, 4) is 0 Å². The van der Waals surface area contributed by atoms with Crippen molar-refractivity contribution in [3.05, 3.63) is 0 Å². The first-order chi connectivity index (χ1) is 8.27. The molecule has 0 aromatic rings. The highest BCUT2D eigenvalue weighted by atomic mass is 16.5. The van der Waals surface area contributed by atoms with Crippen LogP contribution in [0.2, 0.25) is 0 Å². The van der Waals surface area contributed by atoms with Gasteiger partial charge in [0.1, 0.15) is 0 Å². The summed E-state index contributed by atoms with van der Waals surface area (Å²) in [6, 6.07) is 0. The van der Waals surface area contributed by atoms with E-state index in [0.29, 0.717) is 0 Å². The van der Waals surface area contributed by atoms with Gasteiger partial charge in [0.05, 0.1) is 6.61 Å². The summed E-state index contributed by atoms with van der Waals surface area (Å²) >= 11 is 0. The second-order valence-corrected chi connectivity index (χ2v) is 5.75. The fourth-order valence-corrected chi connectivity index (χ4v) is 3.26. The molecule has 0 spiro atoms. The van der Waals surface area contributed by atoms with Gasteiger partial charge in [0.2, 0.25) is 0 Å². The minimum atomic E-state index is 0.809. The summed E-state index contributed by atoms with van der Waals surface area (Å²) < 4.78 is 5.05. The Morgan fingerprint density at radius 1 is 1.24 bits per heavy atom. The van der Waals surface area contributed by atoms with Gasteiger partial charge in [-0.2, -0.15) is 0 Å². The predicted octanol–water partition coefficient (Wildman–Crippen LogP) is 3.47. The first-order valence-electron chi connectivity index (χ1n) is 7.47. The Morgan fingerprint density at radius 2 is 1.94 bits per heavy atom. The van der Waals surface area contributed by atoms with Crippen molar-refractivity contribution < 1.29 is 4.74 Å². The highest BCUT2D eigenvalue weighted by Gasteiger charge is 2.24. The number of methoxy groups -OCH3 is 1. The minimum absolute atomic E-state index is 0.809. The van der Waals surface area contributed by atoms with Gasteiger partial charge >= 0.3 is 0 Å². The van der Waals surface area contributed by atoms with Crippen molar-refractivity contribution in [2.75, 3.05) is 26.8 Å². The molecule has 0 radical (unpaired) electrons. The number of hydrogen-bond acceptors (Lipinski definition) is 2. The average Bonchev–Trinajstić information content (AvgIpc) is 2.35. The Labute approximate surface area is 108 Å². The lowest BCUT2D eigenvalue weighted by Crippen LogP contribution is -2.28. The van der Waals surface area contributed by atoms with Gasteiger partial charge in [0, 0.05) is 13.7 Å². The molecule has 17 heavy (non-hydrogen) atoms. The molecule has 2 nitrogen and oxygen atoms in total. The van der Waals surface area contributed by atoms with E-state index in [1.54, 1.807) is 7.11 Å². The zero-order valence-corrected chi connectivity index (χ0v) is 12.0. The van der Waals surface area contributed by atoms with Crippen LogP contribution in [0.4, 0.5) is 0 Å². The monoisotopic (exact) mass is 241 g/mol. The van der Waals surface area contributed by atoms with Crippen LogP contribution in [0.25, 0.3) is 0 Å². The summed E-state index contributed by atoms with van der Waals surface area (Å²) in [7, 11) is 1.76. The molecular formula is C15H31NO. The van der Waals surface area contributed by atoms with Crippen molar-refractivity contribution in [2.45, 2.75) is 52.4 Å². The lowest BCUT2D eigenvalue weighted by atomic mass is 9.74. The molecule has 1 aliphatic rings. The third-order valence-electron chi connectivity index (χ3n) is 4.27. The summed E-state index contributed by atoms with van der Waals surface area (Å²) in [5, 5.41) is 3.48. The molecule has 0 aromatic heterocycles. The highest BCUT2D eigenvalue weighted by molar-refractivity contribution is 4.76.